The number of hydrogen-bond donors (Lipinski definition) is 2. The summed E-state index contributed by atoms with van der Waals surface area (Å²) in [5, 5.41) is 2.27. The van der Waals surface area contributed by atoms with Crippen LogP contribution in [0.4, 0.5) is 17.6 Å². The van der Waals surface area contributed by atoms with E-state index in [2.05, 4.69) is 5.32 Å². The first-order valence-corrected chi connectivity index (χ1v) is 8.54. The molecule has 1 heterocycles. The van der Waals surface area contributed by atoms with Crippen LogP contribution in [0.2, 0.25) is 0 Å². The number of rotatable bonds is 3. The molecule has 0 aromatic heterocycles. The minimum absolute atomic E-state index is 0.0885. The van der Waals surface area contributed by atoms with E-state index in [1.54, 1.807) is 24.3 Å². The molecule has 1 aliphatic heterocycles. The molecule has 2 aromatic carbocycles. The number of halogens is 4. The van der Waals surface area contributed by atoms with Gasteiger partial charge in [-0.3, -0.25) is 0 Å². The number of benzene rings is 2. The van der Waals surface area contributed by atoms with Crippen molar-refractivity contribution in [2.45, 2.75) is 18.6 Å². The van der Waals surface area contributed by atoms with E-state index in [-0.39, 0.29) is 11.9 Å². The highest BCUT2D eigenvalue weighted by molar-refractivity contribution is 5.32. The lowest BCUT2D eigenvalue weighted by molar-refractivity contribution is -0.929. The smallest absolute Gasteiger partial charge is 0.341 e. The van der Waals surface area contributed by atoms with Crippen LogP contribution in [0, 0.1) is 5.82 Å². The maximum Gasteiger partial charge on any atom is 0.416 e. The summed E-state index contributed by atoms with van der Waals surface area (Å²) in [5.74, 6) is -0.311. The van der Waals surface area contributed by atoms with Gasteiger partial charge in [0.15, 0.2) is 0 Å². The fourth-order valence-electron chi connectivity index (χ4n) is 3.50. The molecule has 0 spiro atoms. The van der Waals surface area contributed by atoms with Crippen LogP contribution in [0.25, 0.3) is 0 Å². The van der Waals surface area contributed by atoms with Crippen LogP contribution in [0.1, 0.15) is 29.2 Å². The first-order valence-electron chi connectivity index (χ1n) is 8.54. The van der Waals surface area contributed by atoms with Gasteiger partial charge >= 0.3 is 6.18 Å². The maximum absolute atomic E-state index is 13.3. The Bertz CT molecular complexity index is 672. The quantitative estimate of drug-likeness (QED) is 0.785. The van der Waals surface area contributed by atoms with Crippen molar-refractivity contribution in [1.82, 2.24) is 0 Å². The maximum atomic E-state index is 13.3. The number of nitrogens with two attached hydrogens (primary N) is 1. The molecule has 0 saturated carbocycles. The lowest BCUT2D eigenvalue weighted by atomic mass is 9.95. The molecule has 1 fully saturated rings. The fraction of sp³-hybridized carbons (Fsp3) is 0.368. The van der Waals surface area contributed by atoms with Gasteiger partial charge in [-0.1, -0.05) is 12.1 Å². The summed E-state index contributed by atoms with van der Waals surface area (Å²) < 4.78 is 51.8. The van der Waals surface area contributed by atoms with E-state index in [4.69, 9.17) is 0 Å². The minimum Gasteiger partial charge on any atom is -0.341 e. The van der Waals surface area contributed by atoms with Crippen molar-refractivity contribution in [3.05, 3.63) is 71.0 Å². The second kappa shape index (κ2) is 7.54. The summed E-state index contributed by atoms with van der Waals surface area (Å²) in [6, 6.07) is 11.6. The molecule has 1 saturated heterocycles. The van der Waals surface area contributed by atoms with E-state index in [0.29, 0.717) is 0 Å². The van der Waals surface area contributed by atoms with Crippen molar-refractivity contribution in [2.24, 2.45) is 0 Å². The minimum atomic E-state index is -4.34. The zero-order valence-corrected chi connectivity index (χ0v) is 13.8. The van der Waals surface area contributed by atoms with Crippen molar-refractivity contribution in [2.75, 3.05) is 26.2 Å². The summed E-state index contributed by atoms with van der Waals surface area (Å²) >= 11 is 0. The number of alkyl halides is 3. The Morgan fingerprint density at radius 3 is 2.04 bits per heavy atom. The van der Waals surface area contributed by atoms with Gasteiger partial charge in [0.05, 0.1) is 18.7 Å². The van der Waals surface area contributed by atoms with E-state index in [0.717, 1.165) is 55.9 Å². The Hall–Kier alpha value is -1.92. The van der Waals surface area contributed by atoms with Crippen LogP contribution < -0.4 is 10.2 Å². The van der Waals surface area contributed by atoms with Crippen LogP contribution in [-0.4, -0.2) is 26.2 Å². The third-order valence-corrected chi connectivity index (χ3v) is 4.76. The predicted molar refractivity (Wildman–Crippen MR) is 86.7 cm³/mol. The van der Waals surface area contributed by atoms with Gasteiger partial charge in [0.1, 0.15) is 24.9 Å². The second-order valence-electron chi connectivity index (χ2n) is 6.48. The largest absolute Gasteiger partial charge is 0.416 e. The molecule has 25 heavy (non-hydrogen) atoms. The Balaban J connectivity index is 1.96. The van der Waals surface area contributed by atoms with Crippen molar-refractivity contribution >= 4 is 0 Å². The zero-order valence-electron chi connectivity index (χ0n) is 13.8. The van der Waals surface area contributed by atoms with E-state index < -0.39 is 11.7 Å². The third kappa shape index (κ3) is 4.38. The van der Waals surface area contributed by atoms with Crippen LogP contribution in [-0.2, 0) is 6.18 Å². The topological polar surface area (TPSA) is 21.1 Å². The number of nitrogens with one attached hydrogen (secondary N) is 1. The highest BCUT2D eigenvalue weighted by Crippen LogP contribution is 2.30. The van der Waals surface area contributed by atoms with Crippen LogP contribution in [0.3, 0.4) is 0 Å². The molecule has 0 radical (unpaired) electrons. The van der Waals surface area contributed by atoms with E-state index in [9.17, 15) is 17.6 Å². The fourth-order valence-corrected chi connectivity index (χ4v) is 3.50. The van der Waals surface area contributed by atoms with Gasteiger partial charge in [-0.2, -0.15) is 13.2 Å². The second-order valence-corrected chi connectivity index (χ2v) is 6.48. The normalized spacial score (nSPS) is 20.1. The molecule has 6 heteroatoms. The van der Waals surface area contributed by atoms with Crippen LogP contribution in [0.15, 0.2) is 48.5 Å². The molecular weight excluding hydrogens is 332 g/mol. The first kappa shape index (κ1) is 17.9. The SMILES string of the molecule is Fc1ccc([C@H](c2ccc(C(F)(F)F)cc2)[NH+]2CCC[NH2+]CC2)cc1. The van der Waals surface area contributed by atoms with Gasteiger partial charge < -0.3 is 10.2 Å². The molecule has 0 aliphatic carbocycles. The Labute approximate surface area is 144 Å². The van der Waals surface area contributed by atoms with Gasteiger partial charge in [-0.05, 0) is 36.4 Å². The predicted octanol–water partition coefficient (Wildman–Crippen LogP) is 1.79. The Morgan fingerprint density at radius 1 is 0.840 bits per heavy atom. The monoisotopic (exact) mass is 354 g/mol. The molecule has 1 unspecified atom stereocenters. The summed E-state index contributed by atoms with van der Waals surface area (Å²) in [6.07, 6.45) is -3.29. The van der Waals surface area contributed by atoms with Crippen molar-refractivity contribution < 1.29 is 27.8 Å². The van der Waals surface area contributed by atoms with Gasteiger partial charge in [-0.15, -0.1) is 0 Å². The highest BCUT2D eigenvalue weighted by atomic mass is 19.4. The Morgan fingerprint density at radius 2 is 1.44 bits per heavy atom. The molecule has 3 N–H and O–H groups in total. The molecule has 0 bridgehead atoms. The van der Waals surface area contributed by atoms with Gasteiger partial charge in [0.2, 0.25) is 0 Å². The summed E-state index contributed by atoms with van der Waals surface area (Å²) in [4.78, 5) is 1.31. The molecule has 134 valence electrons. The van der Waals surface area contributed by atoms with Crippen molar-refractivity contribution in [3.63, 3.8) is 0 Å². The molecular formula is C19H22F4N2+2. The lowest BCUT2D eigenvalue weighted by Gasteiger charge is -2.27. The van der Waals surface area contributed by atoms with Gasteiger partial charge in [-0.25, -0.2) is 4.39 Å². The summed E-state index contributed by atoms with van der Waals surface area (Å²) in [6.45, 7) is 3.91. The average Bonchev–Trinajstić information content (AvgIpc) is 2.86. The Kier molecular flexibility index (Phi) is 5.39. The summed E-state index contributed by atoms with van der Waals surface area (Å²) in [7, 11) is 0. The van der Waals surface area contributed by atoms with Crippen molar-refractivity contribution in [3.8, 4) is 0 Å². The number of hydrogen-bond acceptors (Lipinski definition) is 0. The summed E-state index contributed by atoms with van der Waals surface area (Å²) in [5.41, 5.74) is 1.11. The van der Waals surface area contributed by atoms with E-state index >= 15 is 0 Å². The van der Waals surface area contributed by atoms with E-state index in [1.165, 1.54) is 17.0 Å². The first-order chi connectivity index (χ1) is 11.9. The molecule has 2 aromatic rings. The molecule has 0 amide bonds. The van der Waals surface area contributed by atoms with Crippen LogP contribution in [0.5, 0.6) is 0 Å². The third-order valence-electron chi connectivity index (χ3n) is 4.76. The van der Waals surface area contributed by atoms with Gasteiger partial charge in [0.25, 0.3) is 0 Å². The lowest BCUT2D eigenvalue weighted by Crippen LogP contribution is -3.13. The van der Waals surface area contributed by atoms with Crippen LogP contribution >= 0.6 is 0 Å². The standard InChI is InChI=1S/C19H20F4N2/c20-17-8-4-15(5-9-17)18(25-12-1-10-24-11-13-25)14-2-6-16(7-3-14)19(21,22)23/h2-9,18,24H,1,10-13H2/p+2/t18-/m0/s1. The average molecular weight is 354 g/mol. The van der Waals surface area contributed by atoms with E-state index in [1.807, 2.05) is 0 Å². The molecule has 3 rings (SSSR count). The highest BCUT2D eigenvalue weighted by Gasteiger charge is 2.32. The molecule has 2 atom stereocenters. The van der Waals surface area contributed by atoms with Crippen molar-refractivity contribution in [1.29, 1.82) is 0 Å². The van der Waals surface area contributed by atoms with Gasteiger partial charge in [0, 0.05) is 17.5 Å². The zero-order chi connectivity index (χ0) is 17.9. The molecule has 1 aliphatic rings. The number of quaternary nitrogens is 2. The molecule has 2 nitrogen and oxygen atoms in total.